The summed E-state index contributed by atoms with van der Waals surface area (Å²) in [6.07, 6.45) is 7.51. The van der Waals surface area contributed by atoms with Gasteiger partial charge in [-0.2, -0.15) is 0 Å². The predicted octanol–water partition coefficient (Wildman–Crippen LogP) is 1.43. The minimum Gasteiger partial charge on any atom is -0.314 e. The zero-order valence-electron chi connectivity index (χ0n) is 9.08. The molecule has 0 amide bonds. The van der Waals surface area contributed by atoms with Gasteiger partial charge in [0.05, 0.1) is 6.04 Å². The summed E-state index contributed by atoms with van der Waals surface area (Å²) in [5, 5.41) is 12.2. The van der Waals surface area contributed by atoms with Crippen LogP contribution in [0, 0.1) is 0 Å². The first kappa shape index (κ1) is 9.33. The minimum absolute atomic E-state index is 0.457. The molecule has 1 atom stereocenters. The lowest BCUT2D eigenvalue weighted by Gasteiger charge is -2.24. The molecular weight excluding hydrogens is 188 g/mol. The molecule has 1 fully saturated rings. The van der Waals surface area contributed by atoms with Gasteiger partial charge in [-0.15, -0.1) is 10.2 Å². The molecule has 1 aromatic rings. The van der Waals surface area contributed by atoms with Gasteiger partial charge in [0.15, 0.2) is 0 Å². The maximum atomic E-state index is 4.37. The third-order valence-corrected chi connectivity index (χ3v) is 3.51. The Morgan fingerprint density at radius 2 is 2.13 bits per heavy atom. The molecule has 0 bridgehead atoms. The van der Waals surface area contributed by atoms with Crippen molar-refractivity contribution in [1.29, 1.82) is 0 Å². The maximum absolute atomic E-state index is 4.37. The third kappa shape index (κ3) is 1.67. The summed E-state index contributed by atoms with van der Waals surface area (Å²) < 4.78 is 2.34. The van der Waals surface area contributed by atoms with Gasteiger partial charge in [-0.05, 0) is 32.2 Å². The van der Waals surface area contributed by atoms with Crippen molar-refractivity contribution in [2.45, 2.75) is 51.1 Å². The molecule has 1 N–H and O–H groups in total. The van der Waals surface area contributed by atoms with Crippen molar-refractivity contribution < 1.29 is 0 Å². The molecule has 4 nitrogen and oxygen atoms in total. The van der Waals surface area contributed by atoms with Gasteiger partial charge >= 0.3 is 0 Å². The van der Waals surface area contributed by atoms with Crippen LogP contribution >= 0.6 is 0 Å². The van der Waals surface area contributed by atoms with Crippen LogP contribution in [0.15, 0.2) is 0 Å². The van der Waals surface area contributed by atoms with E-state index in [-0.39, 0.29) is 0 Å². The van der Waals surface area contributed by atoms with Crippen molar-refractivity contribution in [2.75, 3.05) is 6.54 Å². The zero-order chi connectivity index (χ0) is 10.1. The molecule has 0 radical (unpaired) electrons. The predicted molar refractivity (Wildman–Crippen MR) is 57.6 cm³/mol. The molecular formula is C11H18N4. The highest BCUT2D eigenvalue weighted by atomic mass is 15.3. The summed E-state index contributed by atoms with van der Waals surface area (Å²) >= 11 is 0. The lowest BCUT2D eigenvalue weighted by Crippen LogP contribution is -2.30. The molecule has 82 valence electrons. The van der Waals surface area contributed by atoms with E-state index >= 15 is 0 Å². The van der Waals surface area contributed by atoms with Crippen LogP contribution in [0.1, 0.15) is 49.8 Å². The van der Waals surface area contributed by atoms with Gasteiger partial charge in [-0.25, -0.2) is 0 Å². The lowest BCUT2D eigenvalue weighted by molar-refractivity contribution is 0.376. The van der Waals surface area contributed by atoms with Gasteiger partial charge in [-0.3, -0.25) is 0 Å². The number of aromatic nitrogens is 3. The number of fused-ring (bicyclic) bond motifs is 1. The first-order valence-electron chi connectivity index (χ1n) is 6.10. The Morgan fingerprint density at radius 1 is 1.13 bits per heavy atom. The van der Waals surface area contributed by atoms with Crippen LogP contribution in [0.2, 0.25) is 0 Å². The Hall–Kier alpha value is -0.900. The van der Waals surface area contributed by atoms with Crippen molar-refractivity contribution in [3.8, 4) is 0 Å². The number of hydrogen-bond donors (Lipinski definition) is 1. The molecule has 0 unspecified atom stereocenters. The molecule has 0 aliphatic carbocycles. The fourth-order valence-corrected chi connectivity index (χ4v) is 2.66. The Balaban J connectivity index is 1.87. The highest BCUT2D eigenvalue weighted by Gasteiger charge is 2.23. The Kier molecular flexibility index (Phi) is 2.44. The van der Waals surface area contributed by atoms with E-state index in [9.17, 15) is 0 Å². The number of nitrogens with one attached hydrogen (secondary N) is 1. The number of aryl methyl sites for hydroxylation is 1. The normalized spacial score (nSPS) is 26.3. The average molecular weight is 206 g/mol. The SMILES string of the molecule is C1CC[C@H](c2nnc3n2CCCC3)NC1. The van der Waals surface area contributed by atoms with E-state index in [2.05, 4.69) is 20.1 Å². The van der Waals surface area contributed by atoms with Gasteiger partial charge in [0.25, 0.3) is 0 Å². The fraction of sp³-hybridized carbons (Fsp3) is 0.818. The molecule has 15 heavy (non-hydrogen) atoms. The summed E-state index contributed by atoms with van der Waals surface area (Å²) in [5.41, 5.74) is 0. The quantitative estimate of drug-likeness (QED) is 0.756. The van der Waals surface area contributed by atoms with E-state index in [1.807, 2.05) is 0 Å². The number of hydrogen-bond acceptors (Lipinski definition) is 3. The third-order valence-electron chi connectivity index (χ3n) is 3.51. The first-order chi connectivity index (χ1) is 7.45. The highest BCUT2D eigenvalue weighted by Crippen LogP contribution is 2.24. The van der Waals surface area contributed by atoms with E-state index in [0.29, 0.717) is 6.04 Å². The van der Waals surface area contributed by atoms with Crippen LogP contribution in [-0.4, -0.2) is 21.3 Å². The van der Waals surface area contributed by atoms with E-state index in [0.717, 1.165) is 19.5 Å². The van der Waals surface area contributed by atoms with Gasteiger partial charge < -0.3 is 9.88 Å². The summed E-state index contributed by atoms with van der Waals surface area (Å²) in [6, 6.07) is 0.457. The standard InChI is InChI=1S/C11H18N4/c1-3-7-12-9(5-1)11-14-13-10-6-2-4-8-15(10)11/h9,12H,1-8H2/t9-/m1/s1. The first-order valence-corrected chi connectivity index (χ1v) is 6.10. The Labute approximate surface area is 90.1 Å². The van der Waals surface area contributed by atoms with Crippen molar-refractivity contribution >= 4 is 0 Å². The van der Waals surface area contributed by atoms with Crippen molar-refractivity contribution in [3.63, 3.8) is 0 Å². The molecule has 0 spiro atoms. The molecule has 3 rings (SSSR count). The molecule has 3 heterocycles. The van der Waals surface area contributed by atoms with Crippen molar-refractivity contribution in [2.24, 2.45) is 0 Å². The average Bonchev–Trinajstić information content (AvgIpc) is 2.74. The minimum atomic E-state index is 0.457. The van der Waals surface area contributed by atoms with Gasteiger partial charge in [0.1, 0.15) is 11.6 Å². The second kappa shape index (κ2) is 3.93. The second-order valence-electron chi connectivity index (χ2n) is 4.59. The molecule has 2 aliphatic rings. The summed E-state index contributed by atoms with van der Waals surface area (Å²) in [7, 11) is 0. The highest BCUT2D eigenvalue weighted by molar-refractivity contribution is 5.04. The van der Waals surface area contributed by atoms with Gasteiger partial charge in [0, 0.05) is 13.0 Å². The zero-order valence-corrected chi connectivity index (χ0v) is 9.08. The number of rotatable bonds is 1. The van der Waals surface area contributed by atoms with Crippen LogP contribution in [-0.2, 0) is 13.0 Å². The van der Waals surface area contributed by atoms with Crippen LogP contribution in [0.25, 0.3) is 0 Å². The smallest absolute Gasteiger partial charge is 0.150 e. The summed E-state index contributed by atoms with van der Waals surface area (Å²) in [6.45, 7) is 2.25. The largest absolute Gasteiger partial charge is 0.314 e. The number of nitrogens with zero attached hydrogens (tertiary/aromatic N) is 3. The maximum Gasteiger partial charge on any atom is 0.150 e. The Morgan fingerprint density at radius 3 is 3.00 bits per heavy atom. The monoisotopic (exact) mass is 206 g/mol. The summed E-state index contributed by atoms with van der Waals surface area (Å²) in [5.74, 6) is 2.38. The summed E-state index contributed by atoms with van der Waals surface area (Å²) in [4.78, 5) is 0. The topological polar surface area (TPSA) is 42.7 Å². The molecule has 1 saturated heterocycles. The Bertz CT molecular complexity index is 338. The van der Waals surface area contributed by atoms with E-state index in [1.165, 1.54) is 43.8 Å². The molecule has 0 saturated carbocycles. The second-order valence-corrected chi connectivity index (χ2v) is 4.59. The molecule has 4 heteroatoms. The van der Waals surface area contributed by atoms with Crippen LogP contribution < -0.4 is 5.32 Å². The van der Waals surface area contributed by atoms with Crippen molar-refractivity contribution in [3.05, 3.63) is 11.6 Å². The fourth-order valence-electron chi connectivity index (χ4n) is 2.66. The van der Waals surface area contributed by atoms with Crippen LogP contribution in [0.3, 0.4) is 0 Å². The van der Waals surface area contributed by atoms with E-state index < -0.39 is 0 Å². The van der Waals surface area contributed by atoms with Crippen molar-refractivity contribution in [1.82, 2.24) is 20.1 Å². The number of piperidine rings is 1. The van der Waals surface area contributed by atoms with Crippen LogP contribution in [0.4, 0.5) is 0 Å². The van der Waals surface area contributed by atoms with Crippen LogP contribution in [0.5, 0.6) is 0 Å². The molecule has 2 aliphatic heterocycles. The van der Waals surface area contributed by atoms with E-state index in [1.54, 1.807) is 0 Å². The van der Waals surface area contributed by atoms with E-state index in [4.69, 9.17) is 0 Å². The van der Waals surface area contributed by atoms with Gasteiger partial charge in [0.2, 0.25) is 0 Å². The molecule has 1 aromatic heterocycles. The van der Waals surface area contributed by atoms with Gasteiger partial charge in [-0.1, -0.05) is 6.42 Å². The lowest BCUT2D eigenvalue weighted by atomic mass is 10.0. The molecule has 0 aromatic carbocycles.